The van der Waals surface area contributed by atoms with Crippen LogP contribution in [0.15, 0.2) is 24.3 Å². The van der Waals surface area contributed by atoms with Gasteiger partial charge < -0.3 is 10.1 Å². The molecule has 1 aliphatic heterocycles. The lowest BCUT2D eigenvalue weighted by molar-refractivity contribution is -0.145. The molecular weight excluding hydrogens is 226 g/mol. The molecule has 1 N–H and O–H groups in total. The third kappa shape index (κ3) is 2.56. The minimum absolute atomic E-state index is 0.0556. The van der Waals surface area contributed by atoms with Crippen LogP contribution in [-0.4, -0.2) is 26.2 Å². The highest BCUT2D eigenvalue weighted by Crippen LogP contribution is 2.29. The summed E-state index contributed by atoms with van der Waals surface area (Å²) in [4.78, 5) is 11.7. The quantitative estimate of drug-likeness (QED) is 0.833. The van der Waals surface area contributed by atoms with Crippen molar-refractivity contribution in [2.75, 3.05) is 20.2 Å². The van der Waals surface area contributed by atoms with Crippen LogP contribution < -0.4 is 5.32 Å². The average Bonchev–Trinajstić information content (AvgIpc) is 2.87. The van der Waals surface area contributed by atoms with Crippen molar-refractivity contribution in [2.24, 2.45) is 5.92 Å². The summed E-state index contributed by atoms with van der Waals surface area (Å²) in [5.74, 6) is 0.605. The number of hydrogen-bond donors (Lipinski definition) is 1. The van der Waals surface area contributed by atoms with Crippen molar-refractivity contribution in [1.82, 2.24) is 5.32 Å². The summed E-state index contributed by atoms with van der Waals surface area (Å²) in [6.45, 7) is 5.93. The number of carbonyl (C=O) groups excluding carboxylic acids is 1. The van der Waals surface area contributed by atoms with Crippen LogP contribution in [0.2, 0.25) is 0 Å². The van der Waals surface area contributed by atoms with Gasteiger partial charge in [-0.1, -0.05) is 38.1 Å². The summed E-state index contributed by atoms with van der Waals surface area (Å²) in [7, 11) is 1.46. The lowest BCUT2D eigenvalue weighted by atomic mass is 9.88. The van der Waals surface area contributed by atoms with Gasteiger partial charge in [0.25, 0.3) is 0 Å². The zero-order chi connectivity index (χ0) is 13.1. The maximum atomic E-state index is 11.7. The summed E-state index contributed by atoms with van der Waals surface area (Å²) < 4.78 is 4.87. The second-order valence-corrected chi connectivity index (χ2v) is 5.22. The van der Waals surface area contributed by atoms with E-state index in [9.17, 15) is 4.79 Å². The van der Waals surface area contributed by atoms with Gasteiger partial charge in [-0.2, -0.15) is 0 Å². The molecule has 0 radical (unpaired) electrons. The molecule has 1 fully saturated rings. The van der Waals surface area contributed by atoms with Crippen LogP contribution in [0.25, 0.3) is 0 Å². The Morgan fingerprint density at radius 2 is 1.94 bits per heavy atom. The average molecular weight is 247 g/mol. The molecule has 1 saturated heterocycles. The summed E-state index contributed by atoms with van der Waals surface area (Å²) in [5, 5.41) is 3.27. The van der Waals surface area contributed by atoms with Gasteiger partial charge in [-0.15, -0.1) is 0 Å². The number of carbonyl (C=O) groups is 1. The highest BCUT2D eigenvalue weighted by atomic mass is 16.5. The molecule has 1 aromatic carbocycles. The number of esters is 1. The molecule has 1 heterocycles. The molecule has 0 amide bonds. The zero-order valence-electron chi connectivity index (χ0n) is 11.3. The van der Waals surface area contributed by atoms with Gasteiger partial charge in [0.15, 0.2) is 0 Å². The lowest BCUT2D eigenvalue weighted by Crippen LogP contribution is -2.22. The number of rotatable bonds is 3. The predicted molar refractivity (Wildman–Crippen MR) is 71.6 cm³/mol. The van der Waals surface area contributed by atoms with Gasteiger partial charge in [0.1, 0.15) is 0 Å². The largest absolute Gasteiger partial charge is 0.469 e. The van der Waals surface area contributed by atoms with Gasteiger partial charge in [0.2, 0.25) is 0 Å². The fourth-order valence-electron chi connectivity index (χ4n) is 2.56. The van der Waals surface area contributed by atoms with Gasteiger partial charge in [-0.05, 0) is 17.0 Å². The first-order valence-corrected chi connectivity index (χ1v) is 6.52. The fourth-order valence-corrected chi connectivity index (χ4v) is 2.56. The normalized spacial score (nSPS) is 23.3. The topological polar surface area (TPSA) is 38.3 Å². The van der Waals surface area contributed by atoms with Crippen LogP contribution in [0.5, 0.6) is 0 Å². The highest BCUT2D eigenvalue weighted by Gasteiger charge is 2.34. The smallest absolute Gasteiger partial charge is 0.310 e. The SMILES string of the molecule is COC(=O)[C@@H]1CNC[C@H]1c1ccc(C(C)C)cc1. The Kier molecular flexibility index (Phi) is 4.02. The Morgan fingerprint density at radius 3 is 2.50 bits per heavy atom. The Hall–Kier alpha value is -1.35. The second-order valence-electron chi connectivity index (χ2n) is 5.22. The van der Waals surface area contributed by atoms with Crippen molar-refractivity contribution in [2.45, 2.75) is 25.7 Å². The van der Waals surface area contributed by atoms with E-state index in [1.165, 1.54) is 18.2 Å². The first-order valence-electron chi connectivity index (χ1n) is 6.52. The molecule has 18 heavy (non-hydrogen) atoms. The van der Waals surface area contributed by atoms with E-state index in [-0.39, 0.29) is 17.8 Å². The molecule has 0 bridgehead atoms. The third-order valence-electron chi connectivity index (χ3n) is 3.75. The summed E-state index contributed by atoms with van der Waals surface area (Å²) in [5.41, 5.74) is 2.55. The van der Waals surface area contributed by atoms with Crippen LogP contribution in [-0.2, 0) is 9.53 Å². The molecular formula is C15H21NO2. The summed E-state index contributed by atoms with van der Waals surface area (Å²) in [6.07, 6.45) is 0. The monoisotopic (exact) mass is 247 g/mol. The van der Waals surface area contributed by atoms with Crippen molar-refractivity contribution in [3.63, 3.8) is 0 Å². The van der Waals surface area contributed by atoms with E-state index >= 15 is 0 Å². The first kappa shape index (κ1) is 13.1. The van der Waals surface area contributed by atoms with Crippen LogP contribution in [0.3, 0.4) is 0 Å². The summed E-state index contributed by atoms with van der Waals surface area (Å²) >= 11 is 0. The molecule has 3 heteroatoms. The van der Waals surface area contributed by atoms with E-state index in [0.29, 0.717) is 12.5 Å². The Morgan fingerprint density at radius 1 is 1.28 bits per heavy atom. The number of ether oxygens (including phenoxy) is 1. The zero-order valence-corrected chi connectivity index (χ0v) is 11.3. The van der Waals surface area contributed by atoms with Crippen molar-refractivity contribution in [1.29, 1.82) is 0 Å². The second kappa shape index (κ2) is 5.53. The van der Waals surface area contributed by atoms with Crippen molar-refractivity contribution in [3.8, 4) is 0 Å². The van der Waals surface area contributed by atoms with E-state index in [1.807, 2.05) is 0 Å². The van der Waals surface area contributed by atoms with Gasteiger partial charge in [-0.25, -0.2) is 0 Å². The number of methoxy groups -OCH3 is 1. The van der Waals surface area contributed by atoms with E-state index < -0.39 is 0 Å². The first-order chi connectivity index (χ1) is 8.63. The number of hydrogen-bond acceptors (Lipinski definition) is 3. The third-order valence-corrected chi connectivity index (χ3v) is 3.75. The fraction of sp³-hybridized carbons (Fsp3) is 0.533. The molecule has 0 aromatic heterocycles. The minimum Gasteiger partial charge on any atom is -0.469 e. The van der Waals surface area contributed by atoms with Crippen molar-refractivity contribution in [3.05, 3.63) is 35.4 Å². The molecule has 1 aliphatic rings. The molecule has 0 spiro atoms. The van der Waals surface area contributed by atoms with Crippen molar-refractivity contribution < 1.29 is 9.53 Å². The van der Waals surface area contributed by atoms with Gasteiger partial charge in [-0.3, -0.25) is 4.79 Å². The van der Waals surface area contributed by atoms with Crippen LogP contribution in [0, 0.1) is 5.92 Å². The molecule has 0 saturated carbocycles. The standard InChI is InChI=1S/C15H21NO2/c1-10(2)11-4-6-12(7-5-11)13-8-16-9-14(13)15(17)18-3/h4-7,10,13-14,16H,8-9H2,1-3H3/t13-,14+/m0/s1. The number of benzene rings is 1. The number of nitrogens with one attached hydrogen (secondary N) is 1. The van der Waals surface area contributed by atoms with Crippen LogP contribution >= 0.6 is 0 Å². The molecule has 0 aliphatic carbocycles. The molecule has 3 nitrogen and oxygen atoms in total. The Bertz CT molecular complexity index is 411. The maximum Gasteiger partial charge on any atom is 0.310 e. The van der Waals surface area contributed by atoms with Crippen LogP contribution in [0.4, 0.5) is 0 Å². The predicted octanol–water partition coefficient (Wildman–Crippen LogP) is 2.29. The molecule has 1 aromatic rings. The lowest BCUT2D eigenvalue weighted by Gasteiger charge is -2.17. The summed E-state index contributed by atoms with van der Waals surface area (Å²) in [6, 6.07) is 8.60. The van der Waals surface area contributed by atoms with Gasteiger partial charge in [0.05, 0.1) is 13.0 Å². The molecule has 2 atom stereocenters. The minimum atomic E-state index is -0.113. The van der Waals surface area contributed by atoms with E-state index in [2.05, 4.69) is 43.4 Å². The molecule has 2 rings (SSSR count). The van der Waals surface area contributed by atoms with Crippen molar-refractivity contribution >= 4 is 5.97 Å². The van der Waals surface area contributed by atoms with Gasteiger partial charge in [0, 0.05) is 19.0 Å². The maximum absolute atomic E-state index is 11.7. The molecule has 0 unspecified atom stereocenters. The van der Waals surface area contributed by atoms with E-state index in [4.69, 9.17) is 4.74 Å². The van der Waals surface area contributed by atoms with E-state index in [0.717, 1.165) is 6.54 Å². The van der Waals surface area contributed by atoms with E-state index in [1.54, 1.807) is 0 Å². The highest BCUT2D eigenvalue weighted by molar-refractivity contribution is 5.74. The molecule has 98 valence electrons. The van der Waals surface area contributed by atoms with Crippen LogP contribution in [0.1, 0.15) is 36.8 Å². The Labute approximate surface area is 109 Å². The van der Waals surface area contributed by atoms with Gasteiger partial charge >= 0.3 is 5.97 Å². The Balaban J connectivity index is 2.17.